The summed E-state index contributed by atoms with van der Waals surface area (Å²) in [5.41, 5.74) is 5.01. The van der Waals surface area contributed by atoms with E-state index < -0.39 is 11.9 Å². The number of aromatic nitrogens is 1. The fourth-order valence-electron chi connectivity index (χ4n) is 0.955. The molecular weight excluding hydrogens is 170 g/mol. The first-order chi connectivity index (χ1) is 6.13. The van der Waals surface area contributed by atoms with Crippen molar-refractivity contribution in [3.8, 4) is 0 Å². The van der Waals surface area contributed by atoms with Crippen LogP contribution in [-0.4, -0.2) is 11.9 Å². The summed E-state index contributed by atoms with van der Waals surface area (Å²) in [6.07, 6.45) is 3.12. The van der Waals surface area contributed by atoms with Crippen LogP contribution in [0.1, 0.15) is 6.92 Å². The van der Waals surface area contributed by atoms with Gasteiger partial charge in [-0.3, -0.25) is 4.79 Å². The summed E-state index contributed by atoms with van der Waals surface area (Å²) in [5.74, 6) is -0.427. The van der Waals surface area contributed by atoms with Crippen molar-refractivity contribution >= 4 is 11.9 Å². The maximum Gasteiger partial charge on any atom is 0.376 e. The lowest BCUT2D eigenvalue weighted by Gasteiger charge is -2.07. The monoisotopic (exact) mass is 180 g/mol. The minimum atomic E-state index is -0.802. The number of carbonyl (C=O) groups is 2. The third-order valence-corrected chi connectivity index (χ3v) is 1.44. The highest BCUT2D eigenvalue weighted by Crippen LogP contribution is 1.82. The van der Waals surface area contributed by atoms with Crippen LogP contribution in [0.5, 0.6) is 0 Å². The van der Waals surface area contributed by atoms with Gasteiger partial charge in [0.15, 0.2) is 0 Å². The van der Waals surface area contributed by atoms with Crippen molar-refractivity contribution in [1.29, 1.82) is 0 Å². The van der Waals surface area contributed by atoms with E-state index in [1.165, 1.54) is 11.6 Å². The summed E-state index contributed by atoms with van der Waals surface area (Å²) in [5, 5.41) is 0.833. The Balaban J connectivity index is 3.03. The van der Waals surface area contributed by atoms with Gasteiger partial charge in [0.05, 0.1) is 0 Å². The molecule has 1 rings (SSSR count). The van der Waals surface area contributed by atoms with Crippen molar-refractivity contribution in [1.82, 2.24) is 0 Å². The molecule has 2 N–H and O–H groups in total. The van der Waals surface area contributed by atoms with Crippen LogP contribution in [-0.2, 0) is 4.79 Å². The van der Waals surface area contributed by atoms with Gasteiger partial charge >= 0.3 is 6.03 Å². The fourth-order valence-corrected chi connectivity index (χ4v) is 0.955. The average Bonchev–Trinajstić information content (AvgIpc) is 2.04. The van der Waals surface area contributed by atoms with Crippen LogP contribution in [0.2, 0.25) is 0 Å². The molecule has 1 heterocycles. The molecule has 0 atom stereocenters. The molecule has 0 radical (unpaired) electrons. The lowest BCUT2D eigenvalue weighted by Crippen LogP contribution is -2.64. The predicted molar refractivity (Wildman–Crippen MR) is 45.1 cm³/mol. The van der Waals surface area contributed by atoms with Crippen molar-refractivity contribution in [3.05, 3.63) is 30.6 Å². The van der Waals surface area contributed by atoms with Gasteiger partial charge in [-0.1, -0.05) is 10.7 Å². The van der Waals surface area contributed by atoms with Crippen LogP contribution in [0.25, 0.3) is 0 Å². The van der Waals surface area contributed by atoms with Gasteiger partial charge in [0.1, 0.15) is 0 Å². The van der Waals surface area contributed by atoms with E-state index in [4.69, 9.17) is 5.73 Å². The van der Waals surface area contributed by atoms with E-state index in [1.807, 2.05) is 0 Å². The number of hydrogen-bond acceptors (Lipinski definition) is 2. The first-order valence-electron chi connectivity index (χ1n) is 3.69. The summed E-state index contributed by atoms with van der Waals surface area (Å²) in [4.78, 5) is 21.8. The summed E-state index contributed by atoms with van der Waals surface area (Å²) >= 11 is 0. The number of nitrogens with zero attached hydrogens (tertiary/aromatic N) is 2. The topological polar surface area (TPSA) is 67.3 Å². The third-order valence-electron chi connectivity index (χ3n) is 1.44. The lowest BCUT2D eigenvalue weighted by molar-refractivity contribution is -0.672. The van der Waals surface area contributed by atoms with Crippen LogP contribution in [0.4, 0.5) is 4.79 Å². The van der Waals surface area contributed by atoms with Gasteiger partial charge in [0.25, 0.3) is 5.91 Å². The Bertz CT molecular complexity index is 309. The second kappa shape index (κ2) is 3.66. The average molecular weight is 180 g/mol. The van der Waals surface area contributed by atoms with Crippen molar-refractivity contribution in [2.75, 3.05) is 5.01 Å². The number of amides is 3. The molecule has 1 aromatic rings. The van der Waals surface area contributed by atoms with Gasteiger partial charge in [-0.05, 0) is 5.01 Å². The smallest absolute Gasteiger partial charge is 0.347 e. The molecule has 5 nitrogen and oxygen atoms in total. The molecule has 0 saturated heterocycles. The van der Waals surface area contributed by atoms with Crippen molar-refractivity contribution in [2.24, 2.45) is 5.73 Å². The maximum atomic E-state index is 11.0. The quantitative estimate of drug-likeness (QED) is 0.594. The van der Waals surface area contributed by atoms with E-state index in [0.717, 1.165) is 5.01 Å². The Morgan fingerprint density at radius 3 is 2.15 bits per heavy atom. The molecule has 5 heteroatoms. The van der Waals surface area contributed by atoms with Crippen LogP contribution < -0.4 is 15.4 Å². The first kappa shape index (κ1) is 9.18. The van der Waals surface area contributed by atoms with E-state index in [-0.39, 0.29) is 0 Å². The van der Waals surface area contributed by atoms with E-state index in [9.17, 15) is 9.59 Å². The third kappa shape index (κ3) is 2.02. The Kier molecular flexibility index (Phi) is 2.59. The molecule has 0 aliphatic rings. The van der Waals surface area contributed by atoms with E-state index in [2.05, 4.69) is 0 Å². The zero-order valence-corrected chi connectivity index (χ0v) is 7.18. The Labute approximate surface area is 75.3 Å². The zero-order chi connectivity index (χ0) is 9.84. The number of primary amides is 1. The van der Waals surface area contributed by atoms with Crippen LogP contribution >= 0.6 is 0 Å². The number of rotatable bonds is 1. The second-order valence-corrected chi connectivity index (χ2v) is 2.42. The van der Waals surface area contributed by atoms with Gasteiger partial charge in [-0.25, -0.2) is 4.79 Å². The molecule has 0 fully saturated rings. The number of nitrogens with two attached hydrogens (primary N) is 1. The van der Waals surface area contributed by atoms with Gasteiger partial charge in [-0.2, -0.15) is 0 Å². The Morgan fingerprint density at radius 2 is 1.77 bits per heavy atom. The molecule has 0 aliphatic heterocycles. The van der Waals surface area contributed by atoms with Gasteiger partial charge in [-0.15, -0.1) is 0 Å². The molecule has 3 amide bonds. The summed E-state index contributed by atoms with van der Waals surface area (Å²) in [7, 11) is 0. The minimum absolute atomic E-state index is 0.427. The van der Waals surface area contributed by atoms with Gasteiger partial charge in [0.2, 0.25) is 12.4 Å². The highest BCUT2D eigenvalue weighted by atomic mass is 16.2. The maximum absolute atomic E-state index is 11.0. The number of pyridine rings is 1. The van der Waals surface area contributed by atoms with E-state index >= 15 is 0 Å². The van der Waals surface area contributed by atoms with Gasteiger partial charge < -0.3 is 5.73 Å². The molecule has 0 spiro atoms. The second-order valence-electron chi connectivity index (χ2n) is 2.42. The Hall–Kier alpha value is -1.91. The van der Waals surface area contributed by atoms with E-state index in [0.29, 0.717) is 0 Å². The number of carbonyl (C=O) groups excluding carboxylic acids is 2. The normalized spacial score (nSPS) is 9.31. The lowest BCUT2D eigenvalue weighted by atomic mass is 10.5. The largest absolute Gasteiger partial charge is 0.376 e. The predicted octanol–water partition coefficient (Wildman–Crippen LogP) is -0.463. The van der Waals surface area contributed by atoms with Crippen LogP contribution in [0.3, 0.4) is 0 Å². The highest BCUT2D eigenvalue weighted by molar-refractivity contribution is 6.03. The van der Waals surface area contributed by atoms with E-state index in [1.54, 1.807) is 30.6 Å². The number of imide groups is 1. The SMILES string of the molecule is CC(=O)N(C(N)=O)[n+]1ccccc1. The van der Waals surface area contributed by atoms with Crippen molar-refractivity contribution in [2.45, 2.75) is 6.92 Å². The molecule has 68 valence electrons. The minimum Gasteiger partial charge on any atom is -0.347 e. The molecule has 0 unspecified atom stereocenters. The zero-order valence-electron chi connectivity index (χ0n) is 7.18. The highest BCUT2D eigenvalue weighted by Gasteiger charge is 2.23. The van der Waals surface area contributed by atoms with Crippen LogP contribution in [0, 0.1) is 0 Å². The molecular formula is C8H10N3O2+. The molecule has 0 bridgehead atoms. The van der Waals surface area contributed by atoms with Crippen molar-refractivity contribution in [3.63, 3.8) is 0 Å². The van der Waals surface area contributed by atoms with Crippen LogP contribution in [0.15, 0.2) is 30.6 Å². The first-order valence-corrected chi connectivity index (χ1v) is 3.69. The number of urea groups is 1. The standard InChI is InChI=1S/C8H9N3O2/c1-7(12)11(8(9)13)10-5-3-2-4-6-10/h2-6H,1H3,(H-,9,13)/p+1. The number of hydrogen-bond donors (Lipinski definition) is 1. The van der Waals surface area contributed by atoms with Crippen molar-refractivity contribution < 1.29 is 14.3 Å². The fraction of sp³-hybridized carbons (Fsp3) is 0.125. The van der Waals surface area contributed by atoms with Gasteiger partial charge in [0, 0.05) is 19.1 Å². The molecule has 0 aliphatic carbocycles. The molecule has 0 saturated carbocycles. The molecule has 13 heavy (non-hydrogen) atoms. The molecule has 0 aromatic carbocycles. The summed E-state index contributed by atoms with van der Waals surface area (Å²) in [6, 6.07) is 4.36. The summed E-state index contributed by atoms with van der Waals surface area (Å²) < 4.78 is 1.32. The Morgan fingerprint density at radius 1 is 1.23 bits per heavy atom. The molecule has 1 aromatic heterocycles. The summed E-state index contributed by atoms with van der Waals surface area (Å²) in [6.45, 7) is 1.27.